The summed E-state index contributed by atoms with van der Waals surface area (Å²) < 4.78 is 10.8. The van der Waals surface area contributed by atoms with Crippen molar-refractivity contribution in [3.63, 3.8) is 0 Å². The molecule has 112 valence electrons. The van der Waals surface area contributed by atoms with Crippen LogP contribution < -0.4 is 16.0 Å². The fourth-order valence-corrected chi connectivity index (χ4v) is 2.20. The van der Waals surface area contributed by atoms with E-state index in [0.717, 1.165) is 22.6 Å². The normalized spacial score (nSPS) is 12.1. The number of nitrogens with zero attached hydrogens (tertiary/aromatic N) is 1. The zero-order chi connectivity index (χ0) is 15.1. The topological polar surface area (TPSA) is 69.4 Å². The summed E-state index contributed by atoms with van der Waals surface area (Å²) in [5, 5.41) is 0. The molecule has 0 saturated carbocycles. The molecule has 1 aromatic carbocycles. The molecule has 5 nitrogen and oxygen atoms in total. The second-order valence-electron chi connectivity index (χ2n) is 4.71. The van der Waals surface area contributed by atoms with Crippen molar-refractivity contribution >= 4 is 0 Å². The van der Waals surface area contributed by atoms with Gasteiger partial charge in [-0.15, -0.1) is 0 Å². The minimum Gasteiger partial charge on any atom is -0.491 e. The summed E-state index contributed by atoms with van der Waals surface area (Å²) in [6.45, 7) is 3.00. The molecule has 0 spiro atoms. The van der Waals surface area contributed by atoms with Gasteiger partial charge in [0.05, 0.1) is 12.6 Å². The summed E-state index contributed by atoms with van der Waals surface area (Å²) in [4.78, 5) is 4.22. The lowest BCUT2D eigenvalue weighted by Crippen LogP contribution is -2.29. The van der Waals surface area contributed by atoms with E-state index in [1.165, 1.54) is 0 Å². The lowest BCUT2D eigenvalue weighted by Gasteiger charge is -2.20. The molecule has 0 fully saturated rings. The van der Waals surface area contributed by atoms with Gasteiger partial charge in [-0.1, -0.05) is 18.2 Å². The van der Waals surface area contributed by atoms with Gasteiger partial charge in [-0.2, -0.15) is 0 Å². The van der Waals surface area contributed by atoms with Crippen molar-refractivity contribution in [2.75, 3.05) is 20.3 Å². The van der Waals surface area contributed by atoms with E-state index in [0.29, 0.717) is 13.2 Å². The Labute approximate surface area is 125 Å². The first-order valence-electron chi connectivity index (χ1n) is 6.85. The second-order valence-corrected chi connectivity index (χ2v) is 4.71. The van der Waals surface area contributed by atoms with Crippen LogP contribution >= 0.6 is 0 Å². The highest BCUT2D eigenvalue weighted by Crippen LogP contribution is 2.29. The Morgan fingerprint density at radius 1 is 1.24 bits per heavy atom. The summed E-state index contributed by atoms with van der Waals surface area (Å²) in [7, 11) is 1.65. The molecule has 1 aromatic heterocycles. The number of para-hydroxylation sites is 1. The lowest BCUT2D eigenvalue weighted by atomic mass is 9.98. The molecule has 0 aliphatic carbocycles. The average Bonchev–Trinajstić information content (AvgIpc) is 2.50. The zero-order valence-electron chi connectivity index (χ0n) is 12.4. The molecule has 1 heterocycles. The number of benzene rings is 1. The van der Waals surface area contributed by atoms with Crippen molar-refractivity contribution < 1.29 is 9.47 Å². The third-order valence-electron chi connectivity index (χ3n) is 3.20. The molecule has 0 aliphatic rings. The van der Waals surface area contributed by atoms with Crippen molar-refractivity contribution in [2.45, 2.75) is 13.0 Å². The SMILES string of the molecule is COCCOc1ccccc1C(NN)c1ccnc(C)c1. The number of nitrogens with one attached hydrogen (secondary N) is 1. The first-order chi connectivity index (χ1) is 10.3. The van der Waals surface area contributed by atoms with E-state index in [-0.39, 0.29) is 6.04 Å². The quantitative estimate of drug-likeness (QED) is 0.463. The first kappa shape index (κ1) is 15.4. The number of hydrogen-bond donors (Lipinski definition) is 2. The molecule has 2 aromatic rings. The minimum absolute atomic E-state index is 0.148. The molecular formula is C16H21N3O2. The number of methoxy groups -OCH3 is 1. The molecule has 1 unspecified atom stereocenters. The number of aryl methyl sites for hydroxylation is 1. The Bertz CT molecular complexity index is 575. The maximum atomic E-state index is 5.78. The Morgan fingerprint density at radius 3 is 2.76 bits per heavy atom. The van der Waals surface area contributed by atoms with Gasteiger partial charge in [-0.05, 0) is 30.7 Å². The van der Waals surface area contributed by atoms with Crippen molar-refractivity contribution in [1.29, 1.82) is 0 Å². The van der Waals surface area contributed by atoms with Crippen LogP contribution in [0.5, 0.6) is 5.75 Å². The van der Waals surface area contributed by atoms with Crippen LogP contribution in [0, 0.1) is 6.92 Å². The average molecular weight is 287 g/mol. The van der Waals surface area contributed by atoms with Crippen molar-refractivity contribution in [1.82, 2.24) is 10.4 Å². The van der Waals surface area contributed by atoms with Crippen molar-refractivity contribution in [2.24, 2.45) is 5.84 Å². The zero-order valence-corrected chi connectivity index (χ0v) is 12.4. The second kappa shape index (κ2) is 7.73. The fraction of sp³-hybridized carbons (Fsp3) is 0.312. The predicted molar refractivity (Wildman–Crippen MR) is 82.0 cm³/mol. The van der Waals surface area contributed by atoms with Crippen LogP contribution in [-0.2, 0) is 4.74 Å². The van der Waals surface area contributed by atoms with Gasteiger partial charge in [-0.25, -0.2) is 5.43 Å². The Balaban J connectivity index is 2.29. The summed E-state index contributed by atoms with van der Waals surface area (Å²) >= 11 is 0. The number of aromatic nitrogens is 1. The number of hydrazine groups is 1. The van der Waals surface area contributed by atoms with E-state index < -0.39 is 0 Å². The van der Waals surface area contributed by atoms with Crippen molar-refractivity contribution in [3.8, 4) is 5.75 Å². The van der Waals surface area contributed by atoms with Crippen LogP contribution in [0.25, 0.3) is 0 Å². The molecule has 0 amide bonds. The number of hydrogen-bond acceptors (Lipinski definition) is 5. The fourth-order valence-electron chi connectivity index (χ4n) is 2.20. The highest BCUT2D eigenvalue weighted by Gasteiger charge is 2.17. The smallest absolute Gasteiger partial charge is 0.124 e. The van der Waals surface area contributed by atoms with Crippen LogP contribution in [0.15, 0.2) is 42.6 Å². The number of pyridine rings is 1. The van der Waals surface area contributed by atoms with E-state index >= 15 is 0 Å². The molecule has 0 bridgehead atoms. The highest BCUT2D eigenvalue weighted by atomic mass is 16.5. The summed E-state index contributed by atoms with van der Waals surface area (Å²) in [6.07, 6.45) is 1.78. The Kier molecular flexibility index (Phi) is 5.68. The molecular weight excluding hydrogens is 266 g/mol. The maximum Gasteiger partial charge on any atom is 0.124 e. The van der Waals surface area contributed by atoms with E-state index in [2.05, 4.69) is 10.4 Å². The molecule has 2 rings (SSSR count). The Hall–Kier alpha value is -1.95. The van der Waals surface area contributed by atoms with Gasteiger partial charge in [0.25, 0.3) is 0 Å². The molecule has 21 heavy (non-hydrogen) atoms. The van der Waals surface area contributed by atoms with Gasteiger partial charge in [0.15, 0.2) is 0 Å². The molecule has 1 atom stereocenters. The summed E-state index contributed by atoms with van der Waals surface area (Å²) in [5.41, 5.74) is 5.84. The number of rotatable bonds is 7. The summed E-state index contributed by atoms with van der Waals surface area (Å²) in [6, 6.07) is 11.7. The monoisotopic (exact) mass is 287 g/mol. The minimum atomic E-state index is -0.148. The van der Waals surface area contributed by atoms with Crippen molar-refractivity contribution in [3.05, 3.63) is 59.4 Å². The highest BCUT2D eigenvalue weighted by molar-refractivity contribution is 5.41. The third kappa shape index (κ3) is 4.01. The van der Waals surface area contributed by atoms with Crippen LogP contribution in [0.3, 0.4) is 0 Å². The Morgan fingerprint density at radius 2 is 2.05 bits per heavy atom. The largest absolute Gasteiger partial charge is 0.491 e. The third-order valence-corrected chi connectivity index (χ3v) is 3.20. The van der Waals surface area contributed by atoms with Crippen LogP contribution in [0.1, 0.15) is 22.9 Å². The summed E-state index contributed by atoms with van der Waals surface area (Å²) in [5.74, 6) is 6.56. The van der Waals surface area contributed by atoms with Crippen LogP contribution in [-0.4, -0.2) is 25.3 Å². The van der Waals surface area contributed by atoms with E-state index in [1.54, 1.807) is 13.3 Å². The number of nitrogens with two attached hydrogens (primary N) is 1. The maximum absolute atomic E-state index is 5.78. The van der Waals surface area contributed by atoms with Gasteiger partial charge < -0.3 is 9.47 Å². The first-order valence-corrected chi connectivity index (χ1v) is 6.85. The number of ether oxygens (including phenoxy) is 2. The molecule has 0 saturated heterocycles. The standard InChI is InChI=1S/C16H21N3O2/c1-12-11-13(7-8-18-12)16(19-17)14-5-3-4-6-15(14)21-10-9-20-2/h3-8,11,16,19H,9-10,17H2,1-2H3. The van der Waals surface area contributed by atoms with Crippen LogP contribution in [0.2, 0.25) is 0 Å². The van der Waals surface area contributed by atoms with E-state index in [9.17, 15) is 0 Å². The van der Waals surface area contributed by atoms with Gasteiger partial charge in [0.1, 0.15) is 12.4 Å². The molecule has 5 heteroatoms. The van der Waals surface area contributed by atoms with Gasteiger partial charge >= 0.3 is 0 Å². The molecule has 0 aliphatic heterocycles. The van der Waals surface area contributed by atoms with E-state index in [4.69, 9.17) is 15.3 Å². The van der Waals surface area contributed by atoms with Gasteiger partial charge in [-0.3, -0.25) is 10.8 Å². The van der Waals surface area contributed by atoms with E-state index in [1.807, 2.05) is 43.3 Å². The lowest BCUT2D eigenvalue weighted by molar-refractivity contribution is 0.145. The molecule has 3 N–H and O–H groups in total. The van der Waals surface area contributed by atoms with Crippen LogP contribution in [0.4, 0.5) is 0 Å². The molecule has 0 radical (unpaired) electrons. The van der Waals surface area contributed by atoms with Gasteiger partial charge in [0, 0.05) is 24.6 Å². The van der Waals surface area contributed by atoms with Gasteiger partial charge in [0.2, 0.25) is 0 Å². The predicted octanol–water partition coefficient (Wildman–Crippen LogP) is 1.97.